The fraction of sp³-hybridized carbons (Fsp3) is 0.133. The molecule has 0 amide bonds. The van der Waals surface area contributed by atoms with Gasteiger partial charge < -0.3 is 10.1 Å². The summed E-state index contributed by atoms with van der Waals surface area (Å²) in [6.07, 6.45) is 2.22. The van der Waals surface area contributed by atoms with Crippen molar-refractivity contribution < 1.29 is 9.90 Å². The highest BCUT2D eigenvalue weighted by Gasteiger charge is 2.11. The summed E-state index contributed by atoms with van der Waals surface area (Å²) in [6, 6.07) is 9.55. The van der Waals surface area contributed by atoms with Gasteiger partial charge in [0.2, 0.25) is 0 Å². The number of benzene rings is 1. The Labute approximate surface area is 115 Å². The van der Waals surface area contributed by atoms with Crippen LogP contribution in [0, 0.1) is 0 Å². The summed E-state index contributed by atoms with van der Waals surface area (Å²) in [4.78, 5) is 22.6. The molecule has 2 heterocycles. The van der Waals surface area contributed by atoms with E-state index in [0.717, 1.165) is 12.0 Å². The molecule has 0 radical (unpaired) electrons. The molecule has 2 N–H and O–H groups in total. The van der Waals surface area contributed by atoms with Crippen LogP contribution in [0.1, 0.15) is 22.8 Å². The maximum atomic E-state index is 10.9. The lowest BCUT2D eigenvalue weighted by molar-refractivity contribution is 0.0696. The van der Waals surface area contributed by atoms with E-state index in [0.29, 0.717) is 17.0 Å². The number of H-pyrrole nitrogens is 1. The van der Waals surface area contributed by atoms with Crippen LogP contribution < -0.4 is 0 Å². The van der Waals surface area contributed by atoms with Gasteiger partial charge in [0.25, 0.3) is 0 Å². The summed E-state index contributed by atoms with van der Waals surface area (Å²) in [6.45, 7) is 2.09. The highest BCUT2D eigenvalue weighted by Crippen LogP contribution is 2.23. The van der Waals surface area contributed by atoms with E-state index in [1.165, 1.54) is 11.8 Å². The predicted octanol–water partition coefficient (Wildman–Crippen LogP) is 2.89. The van der Waals surface area contributed by atoms with Gasteiger partial charge in [-0.25, -0.2) is 14.8 Å². The maximum absolute atomic E-state index is 10.9. The number of aromatic nitrogens is 3. The van der Waals surface area contributed by atoms with Crippen molar-refractivity contribution in [1.82, 2.24) is 15.0 Å². The van der Waals surface area contributed by atoms with Crippen molar-refractivity contribution in [3.05, 3.63) is 47.7 Å². The number of aromatic carboxylic acids is 1. The van der Waals surface area contributed by atoms with Crippen LogP contribution >= 0.6 is 0 Å². The molecule has 1 aromatic carbocycles. The van der Waals surface area contributed by atoms with Crippen molar-refractivity contribution in [2.45, 2.75) is 13.3 Å². The molecule has 0 saturated carbocycles. The molecule has 0 atom stereocenters. The van der Waals surface area contributed by atoms with E-state index < -0.39 is 5.97 Å². The van der Waals surface area contributed by atoms with Crippen LogP contribution in [0.2, 0.25) is 0 Å². The van der Waals surface area contributed by atoms with E-state index >= 15 is 0 Å². The molecule has 0 aliphatic rings. The largest absolute Gasteiger partial charge is 0.478 e. The van der Waals surface area contributed by atoms with E-state index in [1.807, 2.05) is 18.2 Å². The minimum Gasteiger partial charge on any atom is -0.478 e. The van der Waals surface area contributed by atoms with Crippen molar-refractivity contribution in [1.29, 1.82) is 0 Å². The number of nitrogens with zero attached hydrogens (tertiary/aromatic N) is 2. The molecular formula is C15H13N3O2. The van der Waals surface area contributed by atoms with Crippen LogP contribution in [0.4, 0.5) is 0 Å². The van der Waals surface area contributed by atoms with Gasteiger partial charge >= 0.3 is 5.97 Å². The van der Waals surface area contributed by atoms with Gasteiger partial charge in [0.1, 0.15) is 5.82 Å². The molecule has 0 bridgehead atoms. The lowest BCUT2D eigenvalue weighted by atomic mass is 10.1. The molecule has 0 unspecified atom stereocenters. The van der Waals surface area contributed by atoms with Gasteiger partial charge in [-0.2, -0.15) is 0 Å². The Morgan fingerprint density at radius 1 is 1.35 bits per heavy atom. The number of aromatic amines is 1. The first kappa shape index (κ1) is 12.3. The summed E-state index contributed by atoms with van der Waals surface area (Å²) in [5, 5.41) is 8.98. The Hall–Kier alpha value is -2.69. The van der Waals surface area contributed by atoms with Crippen molar-refractivity contribution in [3.8, 4) is 11.4 Å². The number of hydrogen-bond acceptors (Lipinski definition) is 3. The van der Waals surface area contributed by atoms with E-state index in [1.54, 1.807) is 6.07 Å². The van der Waals surface area contributed by atoms with Gasteiger partial charge in [0.15, 0.2) is 5.65 Å². The van der Waals surface area contributed by atoms with Crippen LogP contribution in [0.3, 0.4) is 0 Å². The van der Waals surface area contributed by atoms with Gasteiger partial charge in [-0.3, -0.25) is 0 Å². The number of carboxylic acid groups (broad SMARTS) is 1. The Morgan fingerprint density at radius 2 is 2.15 bits per heavy atom. The molecule has 0 aliphatic carbocycles. The van der Waals surface area contributed by atoms with Gasteiger partial charge in [0.05, 0.1) is 11.1 Å². The molecule has 0 spiro atoms. The van der Waals surface area contributed by atoms with Crippen LogP contribution in [0.25, 0.3) is 22.6 Å². The first-order valence-corrected chi connectivity index (χ1v) is 6.36. The van der Waals surface area contributed by atoms with Crippen LogP contribution in [0.15, 0.2) is 36.5 Å². The Morgan fingerprint density at radius 3 is 2.90 bits per heavy atom. The Kier molecular flexibility index (Phi) is 2.95. The zero-order valence-corrected chi connectivity index (χ0v) is 10.9. The number of hydrogen-bond donors (Lipinski definition) is 2. The van der Waals surface area contributed by atoms with Gasteiger partial charge in [-0.05, 0) is 18.1 Å². The molecule has 20 heavy (non-hydrogen) atoms. The number of imidazole rings is 1. The van der Waals surface area contributed by atoms with Gasteiger partial charge in [0, 0.05) is 11.8 Å². The molecule has 5 heteroatoms. The summed E-state index contributed by atoms with van der Waals surface area (Å²) in [5.41, 5.74) is 3.51. The van der Waals surface area contributed by atoms with Crippen molar-refractivity contribution >= 4 is 17.1 Å². The van der Waals surface area contributed by atoms with E-state index in [9.17, 15) is 4.79 Å². The van der Waals surface area contributed by atoms with Gasteiger partial charge in [-0.15, -0.1) is 0 Å². The van der Waals surface area contributed by atoms with Crippen molar-refractivity contribution in [2.24, 2.45) is 0 Å². The lowest BCUT2D eigenvalue weighted by Gasteiger charge is -2.03. The number of nitrogens with one attached hydrogen (secondary N) is 1. The van der Waals surface area contributed by atoms with Crippen LogP contribution in [0.5, 0.6) is 0 Å². The molecule has 2 aromatic heterocycles. The average molecular weight is 267 g/mol. The second-order valence-electron chi connectivity index (χ2n) is 4.50. The third-order valence-corrected chi connectivity index (χ3v) is 3.24. The second kappa shape index (κ2) is 4.77. The molecule has 100 valence electrons. The fourth-order valence-electron chi connectivity index (χ4n) is 2.20. The zero-order valence-electron chi connectivity index (χ0n) is 10.9. The minimum absolute atomic E-state index is 0.150. The third-order valence-electron chi connectivity index (χ3n) is 3.24. The highest BCUT2D eigenvalue weighted by atomic mass is 16.4. The molecule has 3 rings (SSSR count). The van der Waals surface area contributed by atoms with E-state index in [4.69, 9.17) is 5.11 Å². The molecule has 0 saturated heterocycles. The number of aryl methyl sites for hydroxylation is 1. The second-order valence-corrected chi connectivity index (χ2v) is 4.50. The van der Waals surface area contributed by atoms with Crippen molar-refractivity contribution in [2.75, 3.05) is 0 Å². The molecule has 0 aliphatic heterocycles. The summed E-state index contributed by atoms with van der Waals surface area (Å²) >= 11 is 0. The van der Waals surface area contributed by atoms with E-state index in [2.05, 4.69) is 27.9 Å². The number of carbonyl (C=O) groups is 1. The molecule has 0 fully saturated rings. The average Bonchev–Trinajstić information content (AvgIpc) is 2.89. The number of rotatable bonds is 3. The highest BCUT2D eigenvalue weighted by molar-refractivity contribution is 5.91. The first-order chi connectivity index (χ1) is 9.69. The first-order valence-electron chi connectivity index (χ1n) is 6.36. The van der Waals surface area contributed by atoms with Crippen molar-refractivity contribution in [3.63, 3.8) is 0 Å². The summed E-state index contributed by atoms with van der Waals surface area (Å²) in [5.74, 6) is -0.281. The summed E-state index contributed by atoms with van der Waals surface area (Å²) < 4.78 is 0. The van der Waals surface area contributed by atoms with Crippen LogP contribution in [-0.4, -0.2) is 26.0 Å². The van der Waals surface area contributed by atoms with E-state index in [-0.39, 0.29) is 5.56 Å². The molecule has 3 aromatic rings. The number of fused-ring (bicyclic) bond motifs is 1. The molecular weight excluding hydrogens is 254 g/mol. The Balaban J connectivity index is 2.15. The topological polar surface area (TPSA) is 78.9 Å². The normalized spacial score (nSPS) is 10.8. The summed E-state index contributed by atoms with van der Waals surface area (Å²) in [7, 11) is 0. The number of carboxylic acids is 1. The lowest BCUT2D eigenvalue weighted by Crippen LogP contribution is -1.96. The third kappa shape index (κ3) is 2.03. The Bertz CT molecular complexity index is 793. The fourth-order valence-corrected chi connectivity index (χ4v) is 2.20. The zero-order chi connectivity index (χ0) is 14.1. The minimum atomic E-state index is -0.996. The van der Waals surface area contributed by atoms with Crippen LogP contribution in [-0.2, 0) is 6.42 Å². The smallest absolute Gasteiger partial charge is 0.337 e. The monoisotopic (exact) mass is 267 g/mol. The van der Waals surface area contributed by atoms with Gasteiger partial charge in [-0.1, -0.05) is 31.2 Å². The SMILES string of the molecule is CCc1ccccc1-c1nc2ncc(C(=O)O)cc2[nH]1. The quantitative estimate of drug-likeness (QED) is 0.764. The number of pyridine rings is 1. The maximum Gasteiger partial charge on any atom is 0.337 e. The predicted molar refractivity (Wildman–Crippen MR) is 75.7 cm³/mol. The standard InChI is InChI=1S/C15H13N3O2/c1-2-9-5-3-4-6-11(9)13-17-12-7-10(15(19)20)8-16-14(12)18-13/h3-8H,2H2,1H3,(H,19,20)(H,16,17,18). The molecule has 5 nitrogen and oxygen atoms in total.